The van der Waals surface area contributed by atoms with E-state index in [1.807, 2.05) is 12.1 Å². The van der Waals surface area contributed by atoms with E-state index in [0.717, 1.165) is 8.66 Å². The zero-order valence-electron chi connectivity index (χ0n) is 7.67. The van der Waals surface area contributed by atoms with E-state index in [0.29, 0.717) is 13.1 Å². The molecule has 0 atom stereocenters. The van der Waals surface area contributed by atoms with Gasteiger partial charge in [0.05, 0.1) is 16.9 Å². The van der Waals surface area contributed by atoms with Crippen LogP contribution in [0, 0.1) is 0 Å². The number of carbonyl (C=O) groups is 1. The van der Waals surface area contributed by atoms with Crippen molar-refractivity contribution in [1.82, 2.24) is 10.6 Å². The van der Waals surface area contributed by atoms with Crippen LogP contribution >= 0.6 is 39.7 Å². The Morgan fingerprint density at radius 2 is 2.29 bits per heavy atom. The van der Waals surface area contributed by atoms with Crippen molar-refractivity contribution in [2.45, 2.75) is 6.54 Å². The SMILES string of the molecule is CNCC(=O)NCc1ccc(Br)s1.Cl. The van der Waals surface area contributed by atoms with Crippen molar-refractivity contribution in [1.29, 1.82) is 0 Å². The molecule has 1 aromatic rings. The first-order chi connectivity index (χ1) is 6.22. The molecule has 0 aliphatic heterocycles. The number of nitrogens with one attached hydrogen (secondary N) is 2. The van der Waals surface area contributed by atoms with Crippen LogP contribution in [0.3, 0.4) is 0 Å². The third-order valence-electron chi connectivity index (χ3n) is 1.43. The fourth-order valence-corrected chi connectivity index (χ4v) is 2.28. The molecule has 0 aromatic carbocycles. The normalized spacial score (nSPS) is 9.29. The van der Waals surface area contributed by atoms with E-state index in [9.17, 15) is 4.79 Å². The van der Waals surface area contributed by atoms with E-state index < -0.39 is 0 Å². The van der Waals surface area contributed by atoms with E-state index in [2.05, 4.69) is 26.6 Å². The molecule has 0 fully saturated rings. The van der Waals surface area contributed by atoms with Gasteiger partial charge in [0.25, 0.3) is 0 Å². The Hall–Kier alpha value is -0.100. The molecule has 2 N–H and O–H groups in total. The van der Waals surface area contributed by atoms with Crippen molar-refractivity contribution in [2.75, 3.05) is 13.6 Å². The number of hydrogen-bond donors (Lipinski definition) is 2. The molecule has 0 unspecified atom stereocenters. The first kappa shape index (κ1) is 13.9. The van der Waals surface area contributed by atoms with Gasteiger partial charge in [0.1, 0.15) is 0 Å². The molecular weight excluding hydrogens is 288 g/mol. The summed E-state index contributed by atoms with van der Waals surface area (Å²) in [7, 11) is 1.75. The lowest BCUT2D eigenvalue weighted by atomic mass is 10.4. The highest BCUT2D eigenvalue weighted by atomic mass is 79.9. The Balaban J connectivity index is 0.00000169. The number of thiophene rings is 1. The minimum absolute atomic E-state index is 0. The molecule has 0 saturated heterocycles. The zero-order chi connectivity index (χ0) is 9.68. The number of likely N-dealkylation sites (N-methyl/N-ethyl adjacent to an activating group) is 1. The topological polar surface area (TPSA) is 41.1 Å². The number of hydrogen-bond acceptors (Lipinski definition) is 3. The van der Waals surface area contributed by atoms with Crippen LogP contribution in [0.2, 0.25) is 0 Å². The van der Waals surface area contributed by atoms with Crippen molar-refractivity contribution in [2.24, 2.45) is 0 Å². The molecule has 0 aliphatic carbocycles. The van der Waals surface area contributed by atoms with Crippen molar-refractivity contribution in [3.05, 3.63) is 20.8 Å². The molecular formula is C8H12BrClN2OS. The van der Waals surface area contributed by atoms with Gasteiger partial charge in [0.2, 0.25) is 5.91 Å². The maximum absolute atomic E-state index is 11.0. The van der Waals surface area contributed by atoms with Crippen LogP contribution in [-0.4, -0.2) is 19.5 Å². The summed E-state index contributed by atoms with van der Waals surface area (Å²) in [5.41, 5.74) is 0. The summed E-state index contributed by atoms with van der Waals surface area (Å²) in [5.74, 6) is 0.0204. The molecule has 1 heterocycles. The lowest BCUT2D eigenvalue weighted by Gasteiger charge is -2.01. The summed E-state index contributed by atoms with van der Waals surface area (Å²) in [6, 6.07) is 3.97. The van der Waals surface area contributed by atoms with Gasteiger partial charge in [0.15, 0.2) is 0 Å². The predicted octanol–water partition coefficient (Wildman–Crippen LogP) is 1.77. The molecule has 0 radical (unpaired) electrons. The second-order valence-corrected chi connectivity index (χ2v) is 5.06. The van der Waals surface area contributed by atoms with E-state index in [-0.39, 0.29) is 18.3 Å². The summed E-state index contributed by atoms with van der Waals surface area (Å²) in [4.78, 5) is 12.2. The first-order valence-electron chi connectivity index (χ1n) is 3.88. The van der Waals surface area contributed by atoms with E-state index in [4.69, 9.17) is 0 Å². The van der Waals surface area contributed by atoms with Gasteiger partial charge in [-0.2, -0.15) is 0 Å². The molecule has 0 spiro atoms. The summed E-state index contributed by atoms with van der Waals surface area (Å²) in [6.45, 7) is 0.976. The Morgan fingerprint density at radius 1 is 1.57 bits per heavy atom. The fourth-order valence-electron chi connectivity index (χ4n) is 0.856. The smallest absolute Gasteiger partial charge is 0.234 e. The van der Waals surface area contributed by atoms with Gasteiger partial charge >= 0.3 is 0 Å². The van der Waals surface area contributed by atoms with Crippen LogP contribution in [0.15, 0.2) is 15.9 Å². The molecule has 1 rings (SSSR count). The second-order valence-electron chi connectivity index (χ2n) is 2.51. The van der Waals surface area contributed by atoms with Crippen molar-refractivity contribution in [3.63, 3.8) is 0 Å². The molecule has 1 amide bonds. The summed E-state index contributed by atoms with van der Waals surface area (Å²) >= 11 is 4.99. The summed E-state index contributed by atoms with van der Waals surface area (Å²) < 4.78 is 1.09. The molecule has 6 heteroatoms. The van der Waals surface area contributed by atoms with Crippen LogP contribution < -0.4 is 10.6 Å². The average Bonchev–Trinajstić information content (AvgIpc) is 2.49. The van der Waals surface area contributed by atoms with Crippen LogP contribution in [0.5, 0.6) is 0 Å². The lowest BCUT2D eigenvalue weighted by Crippen LogP contribution is -2.31. The Morgan fingerprint density at radius 3 is 2.79 bits per heavy atom. The largest absolute Gasteiger partial charge is 0.350 e. The molecule has 1 aromatic heterocycles. The quantitative estimate of drug-likeness (QED) is 0.890. The van der Waals surface area contributed by atoms with E-state index in [1.54, 1.807) is 18.4 Å². The Labute approximate surface area is 102 Å². The summed E-state index contributed by atoms with van der Waals surface area (Å²) in [6.07, 6.45) is 0. The van der Waals surface area contributed by atoms with Crippen LogP contribution in [0.4, 0.5) is 0 Å². The van der Waals surface area contributed by atoms with Gasteiger partial charge in [-0.25, -0.2) is 0 Å². The third-order valence-corrected chi connectivity index (χ3v) is 3.05. The Kier molecular flexibility index (Phi) is 7.17. The highest BCUT2D eigenvalue weighted by molar-refractivity contribution is 9.11. The summed E-state index contributed by atoms with van der Waals surface area (Å²) in [5, 5.41) is 5.59. The highest BCUT2D eigenvalue weighted by Crippen LogP contribution is 2.21. The number of amides is 1. The first-order valence-corrected chi connectivity index (χ1v) is 5.49. The molecule has 0 aliphatic rings. The monoisotopic (exact) mass is 298 g/mol. The molecule has 0 saturated carbocycles. The standard InChI is InChI=1S/C8H11BrN2OS.ClH/c1-10-5-8(12)11-4-6-2-3-7(9)13-6;/h2-3,10H,4-5H2,1H3,(H,11,12);1H. The van der Waals surface area contributed by atoms with Crippen LogP contribution in [0.1, 0.15) is 4.88 Å². The number of halogens is 2. The van der Waals surface area contributed by atoms with E-state index in [1.165, 1.54) is 0 Å². The molecule has 80 valence electrons. The van der Waals surface area contributed by atoms with Gasteiger partial charge in [0, 0.05) is 4.88 Å². The molecule has 3 nitrogen and oxygen atoms in total. The van der Waals surface area contributed by atoms with Gasteiger partial charge in [-0.05, 0) is 35.1 Å². The minimum Gasteiger partial charge on any atom is -0.350 e. The second kappa shape index (κ2) is 7.23. The number of carbonyl (C=O) groups excluding carboxylic acids is 1. The zero-order valence-corrected chi connectivity index (χ0v) is 10.9. The molecule has 14 heavy (non-hydrogen) atoms. The third kappa shape index (κ3) is 4.95. The highest BCUT2D eigenvalue weighted by Gasteiger charge is 2.00. The Bertz CT molecular complexity index is 293. The van der Waals surface area contributed by atoms with Crippen LogP contribution in [0.25, 0.3) is 0 Å². The van der Waals surface area contributed by atoms with Gasteiger partial charge in [-0.15, -0.1) is 23.7 Å². The number of rotatable bonds is 4. The fraction of sp³-hybridized carbons (Fsp3) is 0.375. The van der Waals surface area contributed by atoms with Crippen molar-refractivity contribution in [3.8, 4) is 0 Å². The van der Waals surface area contributed by atoms with Crippen LogP contribution in [-0.2, 0) is 11.3 Å². The van der Waals surface area contributed by atoms with E-state index >= 15 is 0 Å². The van der Waals surface area contributed by atoms with Crippen molar-refractivity contribution >= 4 is 45.6 Å². The van der Waals surface area contributed by atoms with Gasteiger partial charge in [-0.3, -0.25) is 4.79 Å². The average molecular weight is 300 g/mol. The van der Waals surface area contributed by atoms with Crippen molar-refractivity contribution < 1.29 is 4.79 Å². The minimum atomic E-state index is 0. The van der Waals surface area contributed by atoms with Gasteiger partial charge < -0.3 is 10.6 Å². The maximum atomic E-state index is 11.0. The predicted molar refractivity (Wildman–Crippen MR) is 65.0 cm³/mol. The van der Waals surface area contributed by atoms with Gasteiger partial charge in [-0.1, -0.05) is 0 Å². The maximum Gasteiger partial charge on any atom is 0.234 e. The molecule has 0 bridgehead atoms. The lowest BCUT2D eigenvalue weighted by molar-refractivity contribution is -0.120.